The van der Waals surface area contributed by atoms with Gasteiger partial charge in [0.2, 0.25) is 0 Å². The van der Waals surface area contributed by atoms with Crippen LogP contribution in [0, 0.1) is 0 Å². The summed E-state index contributed by atoms with van der Waals surface area (Å²) in [5, 5.41) is 12.7. The molecule has 0 fully saturated rings. The van der Waals surface area contributed by atoms with Crippen molar-refractivity contribution in [3.63, 3.8) is 0 Å². The third kappa shape index (κ3) is 5.68. The Bertz CT molecular complexity index is 3600. The van der Waals surface area contributed by atoms with Gasteiger partial charge in [0.15, 0.2) is 0 Å². The second-order valence-electron chi connectivity index (χ2n) is 15.6. The highest BCUT2D eigenvalue weighted by atomic mass is 32.1. The molecule has 0 saturated heterocycles. The van der Waals surface area contributed by atoms with Crippen LogP contribution in [0.5, 0.6) is 0 Å². The summed E-state index contributed by atoms with van der Waals surface area (Å²) in [6.07, 6.45) is 0. The van der Waals surface area contributed by atoms with E-state index in [1.54, 1.807) is 0 Å². The van der Waals surface area contributed by atoms with Crippen molar-refractivity contribution >= 4 is 91.7 Å². The minimum Gasteiger partial charge on any atom is -0.309 e. The van der Waals surface area contributed by atoms with Gasteiger partial charge >= 0.3 is 0 Å². The molecule has 0 aliphatic heterocycles. The highest BCUT2D eigenvalue weighted by Gasteiger charge is 2.23. The third-order valence-corrected chi connectivity index (χ3v) is 13.4. The average Bonchev–Trinajstić information content (AvgIpc) is 3.71. The number of hydrogen-bond donors (Lipinski definition) is 0. The Hall–Kier alpha value is -7.52. The number of rotatable bonds is 6. The maximum absolute atomic E-state index is 2.51. The van der Waals surface area contributed by atoms with E-state index in [0.717, 1.165) is 17.1 Å². The SMILES string of the molecule is c1ccc(-c2ccc(-c3cc4ccccc4c4ccccc34)cc2N(c2ccc(-c3ccc4c(ccc5ccccc54)c3)cc2)c2cccc3sc4ccccc4c23)cc1. The molecule has 0 atom stereocenters. The van der Waals surface area contributed by atoms with Crippen molar-refractivity contribution in [2.24, 2.45) is 0 Å². The van der Waals surface area contributed by atoms with Crippen molar-refractivity contribution in [3.05, 3.63) is 224 Å². The van der Waals surface area contributed by atoms with Crippen LogP contribution in [0.15, 0.2) is 224 Å². The minimum atomic E-state index is 1.10. The smallest absolute Gasteiger partial charge is 0.0555 e. The Balaban J connectivity index is 1.10. The molecule has 0 saturated carbocycles. The lowest BCUT2D eigenvalue weighted by Gasteiger charge is -2.29. The molecule has 0 N–H and O–H groups in total. The van der Waals surface area contributed by atoms with Crippen LogP contribution in [0.3, 0.4) is 0 Å². The molecule has 11 aromatic carbocycles. The molecule has 0 aliphatic rings. The van der Waals surface area contributed by atoms with E-state index in [0.29, 0.717) is 0 Å². The van der Waals surface area contributed by atoms with Crippen LogP contribution < -0.4 is 4.90 Å². The Labute approximate surface area is 352 Å². The summed E-state index contributed by atoms with van der Waals surface area (Å²) in [7, 11) is 0. The summed E-state index contributed by atoms with van der Waals surface area (Å²) in [4.78, 5) is 2.51. The van der Waals surface area contributed by atoms with Crippen LogP contribution in [-0.4, -0.2) is 0 Å². The van der Waals surface area contributed by atoms with Gasteiger partial charge in [-0.2, -0.15) is 0 Å². The summed E-state index contributed by atoms with van der Waals surface area (Å²) < 4.78 is 2.57. The van der Waals surface area contributed by atoms with E-state index in [1.165, 1.54) is 96.6 Å². The zero-order chi connectivity index (χ0) is 39.6. The third-order valence-electron chi connectivity index (χ3n) is 12.2. The summed E-state index contributed by atoms with van der Waals surface area (Å²) >= 11 is 1.86. The van der Waals surface area contributed by atoms with E-state index in [4.69, 9.17) is 0 Å². The predicted molar refractivity (Wildman–Crippen MR) is 260 cm³/mol. The topological polar surface area (TPSA) is 3.24 Å². The molecule has 0 spiro atoms. The molecule has 2 heteroatoms. The van der Waals surface area contributed by atoms with Crippen molar-refractivity contribution in [1.29, 1.82) is 0 Å². The molecule has 0 amide bonds. The van der Waals surface area contributed by atoms with Gasteiger partial charge in [-0.25, -0.2) is 0 Å². The van der Waals surface area contributed by atoms with Crippen LogP contribution >= 0.6 is 11.3 Å². The van der Waals surface area contributed by atoms with Crippen molar-refractivity contribution in [2.45, 2.75) is 0 Å². The van der Waals surface area contributed by atoms with E-state index in [1.807, 2.05) is 11.3 Å². The largest absolute Gasteiger partial charge is 0.309 e. The van der Waals surface area contributed by atoms with Crippen LogP contribution in [-0.2, 0) is 0 Å². The van der Waals surface area contributed by atoms with Crippen LogP contribution in [0.4, 0.5) is 17.1 Å². The zero-order valence-electron chi connectivity index (χ0n) is 32.7. The normalized spacial score (nSPS) is 11.7. The second-order valence-corrected chi connectivity index (χ2v) is 16.7. The van der Waals surface area contributed by atoms with Gasteiger partial charge in [0.25, 0.3) is 0 Å². The first kappa shape index (κ1) is 34.5. The summed E-state index contributed by atoms with van der Waals surface area (Å²) in [6, 6.07) is 82.7. The van der Waals surface area contributed by atoms with E-state index in [-0.39, 0.29) is 0 Å². The van der Waals surface area contributed by atoms with Crippen LogP contribution in [0.1, 0.15) is 0 Å². The molecule has 0 bridgehead atoms. The molecule has 1 nitrogen and oxygen atoms in total. The van der Waals surface area contributed by atoms with Crippen molar-refractivity contribution in [2.75, 3.05) is 4.90 Å². The quantitative estimate of drug-likeness (QED) is 0.152. The van der Waals surface area contributed by atoms with Gasteiger partial charge in [-0.05, 0) is 119 Å². The lowest BCUT2D eigenvalue weighted by Crippen LogP contribution is -2.12. The summed E-state index contributed by atoms with van der Waals surface area (Å²) in [5.74, 6) is 0. The fraction of sp³-hybridized carbons (Fsp3) is 0. The first-order chi connectivity index (χ1) is 29.7. The van der Waals surface area contributed by atoms with Gasteiger partial charge in [0.05, 0.1) is 11.4 Å². The standard InChI is InChI=1S/C58H37NS/c1-2-13-39(14-3-1)49-34-30-44(53-36-42-16-5-7-18-47(42)50-19-8-9-20-51(50)53)37-55(49)59(54-22-12-24-57-58(54)52-21-10-11-23-56(52)60-57)45-31-27-38(28-32-45)41-29-33-48-43(35-41)26-25-40-15-4-6-17-46(40)48/h1-37H. The predicted octanol–water partition coefficient (Wildman–Crippen LogP) is 17.1. The number of hydrogen-bond acceptors (Lipinski definition) is 2. The van der Waals surface area contributed by atoms with E-state index >= 15 is 0 Å². The van der Waals surface area contributed by atoms with Gasteiger partial charge in [0, 0.05) is 31.4 Å². The maximum atomic E-state index is 2.51. The van der Waals surface area contributed by atoms with Gasteiger partial charge in [-0.15, -0.1) is 11.3 Å². The molecule has 12 rings (SSSR count). The number of benzene rings is 11. The highest BCUT2D eigenvalue weighted by molar-refractivity contribution is 7.26. The molecule has 60 heavy (non-hydrogen) atoms. The number of fused-ring (bicyclic) bond motifs is 9. The lowest BCUT2D eigenvalue weighted by molar-refractivity contribution is 1.30. The number of nitrogens with zero attached hydrogens (tertiary/aromatic N) is 1. The first-order valence-electron chi connectivity index (χ1n) is 20.6. The Morgan fingerprint density at radius 1 is 0.283 bits per heavy atom. The van der Waals surface area contributed by atoms with E-state index in [2.05, 4.69) is 229 Å². The second kappa shape index (κ2) is 14.1. The molecule has 0 radical (unpaired) electrons. The fourth-order valence-electron chi connectivity index (χ4n) is 9.38. The molecule has 0 unspecified atom stereocenters. The highest BCUT2D eigenvalue weighted by Crippen LogP contribution is 2.49. The average molecular weight is 780 g/mol. The molecule has 0 aliphatic carbocycles. The summed E-state index contributed by atoms with van der Waals surface area (Å²) in [5.41, 5.74) is 10.5. The molecule has 12 aromatic rings. The first-order valence-corrected chi connectivity index (χ1v) is 21.4. The number of thiophene rings is 1. The Morgan fingerprint density at radius 2 is 0.883 bits per heavy atom. The molecular weight excluding hydrogens is 743 g/mol. The van der Waals surface area contributed by atoms with E-state index < -0.39 is 0 Å². The Morgan fingerprint density at radius 3 is 1.72 bits per heavy atom. The minimum absolute atomic E-state index is 1.10. The monoisotopic (exact) mass is 779 g/mol. The van der Waals surface area contributed by atoms with Crippen LogP contribution in [0.25, 0.3) is 96.6 Å². The van der Waals surface area contributed by atoms with Crippen LogP contribution in [0.2, 0.25) is 0 Å². The fourth-order valence-corrected chi connectivity index (χ4v) is 10.5. The Kier molecular flexibility index (Phi) is 8.11. The van der Waals surface area contributed by atoms with Crippen molar-refractivity contribution < 1.29 is 0 Å². The molecule has 1 aromatic heterocycles. The molecule has 280 valence electrons. The van der Waals surface area contributed by atoms with Gasteiger partial charge in [0.1, 0.15) is 0 Å². The van der Waals surface area contributed by atoms with Gasteiger partial charge in [-0.1, -0.05) is 176 Å². The molecular formula is C58H37NS. The van der Waals surface area contributed by atoms with Crippen molar-refractivity contribution in [1.82, 2.24) is 0 Å². The zero-order valence-corrected chi connectivity index (χ0v) is 33.5. The van der Waals surface area contributed by atoms with Gasteiger partial charge in [-0.3, -0.25) is 0 Å². The number of anilines is 3. The van der Waals surface area contributed by atoms with Crippen molar-refractivity contribution in [3.8, 4) is 33.4 Å². The molecule has 1 heterocycles. The maximum Gasteiger partial charge on any atom is 0.0555 e. The van der Waals surface area contributed by atoms with E-state index in [9.17, 15) is 0 Å². The van der Waals surface area contributed by atoms with Gasteiger partial charge < -0.3 is 4.90 Å². The summed E-state index contributed by atoms with van der Waals surface area (Å²) in [6.45, 7) is 0. The lowest BCUT2D eigenvalue weighted by atomic mass is 9.91.